The molecular weight excluding hydrogens is 376 g/mol. The van der Waals surface area contributed by atoms with Gasteiger partial charge in [0.05, 0.1) is 11.8 Å². The van der Waals surface area contributed by atoms with Gasteiger partial charge >= 0.3 is 0 Å². The molecule has 0 radical (unpaired) electrons. The smallest absolute Gasteiger partial charge is 0.231 e. The number of nitrogens with zero attached hydrogens (tertiary/aromatic N) is 3. The maximum absolute atomic E-state index is 12.4. The number of hydrogen-bond acceptors (Lipinski definition) is 6. The first-order valence-electron chi connectivity index (χ1n) is 8.88. The number of carbonyl (C=O) groups is 1. The molecule has 0 saturated carbocycles. The topological polar surface area (TPSA) is 78.3 Å². The molecule has 8 heteroatoms. The zero-order valence-corrected chi connectivity index (χ0v) is 16.4. The lowest BCUT2D eigenvalue weighted by Crippen LogP contribution is -2.28. The van der Waals surface area contributed by atoms with E-state index in [1.165, 1.54) is 11.8 Å². The number of thioether (sulfide) groups is 1. The second-order valence-corrected chi connectivity index (χ2v) is 7.36. The third kappa shape index (κ3) is 3.82. The fraction of sp³-hybridized carbons (Fsp3) is 0.250. The molecule has 144 valence electrons. The number of rotatable bonds is 6. The van der Waals surface area contributed by atoms with Gasteiger partial charge in [-0.3, -0.25) is 4.79 Å². The molecule has 1 amide bonds. The summed E-state index contributed by atoms with van der Waals surface area (Å²) in [6.45, 7) is 2.18. The second-order valence-electron chi connectivity index (χ2n) is 6.42. The van der Waals surface area contributed by atoms with Crippen LogP contribution in [-0.4, -0.2) is 33.2 Å². The lowest BCUT2D eigenvalue weighted by Gasteiger charge is -2.14. The van der Waals surface area contributed by atoms with Crippen molar-refractivity contribution in [3.63, 3.8) is 0 Å². The van der Waals surface area contributed by atoms with Crippen LogP contribution in [0.25, 0.3) is 11.4 Å². The highest BCUT2D eigenvalue weighted by atomic mass is 32.2. The first-order valence-corrected chi connectivity index (χ1v) is 9.87. The predicted octanol–water partition coefficient (Wildman–Crippen LogP) is 3.18. The van der Waals surface area contributed by atoms with Crippen molar-refractivity contribution in [2.45, 2.75) is 18.1 Å². The minimum Gasteiger partial charge on any atom is -0.454 e. The second kappa shape index (κ2) is 7.93. The van der Waals surface area contributed by atoms with E-state index in [1.54, 1.807) is 0 Å². The monoisotopic (exact) mass is 396 g/mol. The molecule has 3 aromatic rings. The number of benzene rings is 2. The van der Waals surface area contributed by atoms with Crippen molar-refractivity contribution in [1.29, 1.82) is 0 Å². The Morgan fingerprint density at radius 3 is 2.79 bits per heavy atom. The van der Waals surface area contributed by atoms with Gasteiger partial charge in [-0.25, -0.2) is 0 Å². The number of hydrogen-bond donors (Lipinski definition) is 1. The Balaban J connectivity index is 1.35. The molecule has 0 fully saturated rings. The van der Waals surface area contributed by atoms with Crippen LogP contribution in [0.1, 0.15) is 18.5 Å². The van der Waals surface area contributed by atoms with Gasteiger partial charge in [0, 0.05) is 12.6 Å². The van der Waals surface area contributed by atoms with Gasteiger partial charge in [0.1, 0.15) is 0 Å². The van der Waals surface area contributed by atoms with Gasteiger partial charge in [-0.1, -0.05) is 48.2 Å². The molecule has 28 heavy (non-hydrogen) atoms. The lowest BCUT2D eigenvalue weighted by molar-refractivity contribution is -0.119. The van der Waals surface area contributed by atoms with E-state index in [2.05, 4.69) is 15.5 Å². The van der Waals surface area contributed by atoms with E-state index >= 15 is 0 Å². The Hall–Kier alpha value is -3.00. The summed E-state index contributed by atoms with van der Waals surface area (Å²) in [7, 11) is 1.90. The van der Waals surface area contributed by atoms with E-state index in [-0.39, 0.29) is 24.5 Å². The third-order valence-corrected chi connectivity index (χ3v) is 5.49. The van der Waals surface area contributed by atoms with E-state index in [9.17, 15) is 4.79 Å². The number of aromatic nitrogens is 3. The van der Waals surface area contributed by atoms with E-state index in [4.69, 9.17) is 9.47 Å². The molecule has 0 aliphatic carbocycles. The van der Waals surface area contributed by atoms with Crippen molar-refractivity contribution in [1.82, 2.24) is 20.1 Å². The van der Waals surface area contributed by atoms with Gasteiger partial charge in [0.2, 0.25) is 12.7 Å². The van der Waals surface area contributed by atoms with Crippen molar-refractivity contribution < 1.29 is 14.3 Å². The first kappa shape index (κ1) is 18.4. The van der Waals surface area contributed by atoms with E-state index in [0.29, 0.717) is 10.9 Å². The Bertz CT molecular complexity index is 990. The Morgan fingerprint density at radius 2 is 1.96 bits per heavy atom. The minimum atomic E-state index is -0.137. The zero-order chi connectivity index (χ0) is 19.5. The van der Waals surface area contributed by atoms with Gasteiger partial charge in [0.25, 0.3) is 0 Å². The average Bonchev–Trinajstić information content (AvgIpc) is 3.32. The maximum atomic E-state index is 12.4. The quantitative estimate of drug-likeness (QED) is 0.645. The minimum absolute atomic E-state index is 0.0700. The maximum Gasteiger partial charge on any atom is 0.231 e. The van der Waals surface area contributed by atoms with Crippen molar-refractivity contribution >= 4 is 17.7 Å². The number of fused-ring (bicyclic) bond motifs is 1. The summed E-state index contributed by atoms with van der Waals surface area (Å²) < 4.78 is 12.6. The van der Waals surface area contributed by atoms with Gasteiger partial charge in [-0.2, -0.15) is 0 Å². The molecule has 1 aromatic heterocycles. The van der Waals surface area contributed by atoms with Crippen LogP contribution >= 0.6 is 11.8 Å². The first-order chi connectivity index (χ1) is 13.6. The van der Waals surface area contributed by atoms with Crippen LogP contribution in [0.5, 0.6) is 11.5 Å². The largest absolute Gasteiger partial charge is 0.454 e. The standard InChI is InChI=1S/C20H20N4O3S/c1-13(15-8-9-16-17(10-15)27-12-26-16)21-18(25)11-28-20-23-22-19(24(20)2)14-6-4-3-5-7-14/h3-10,13H,11-12H2,1-2H3,(H,21,25)/t13-/m0/s1. The van der Waals surface area contributed by atoms with E-state index in [0.717, 1.165) is 22.7 Å². The van der Waals surface area contributed by atoms with Crippen LogP contribution in [-0.2, 0) is 11.8 Å². The van der Waals surface area contributed by atoms with Crippen molar-refractivity contribution in [3.8, 4) is 22.9 Å². The number of ether oxygens (including phenoxy) is 2. The van der Waals surface area contributed by atoms with Crippen molar-refractivity contribution in [2.24, 2.45) is 7.05 Å². The molecule has 0 spiro atoms. The fourth-order valence-corrected chi connectivity index (χ4v) is 3.68. The molecule has 1 aliphatic rings. The van der Waals surface area contributed by atoms with Crippen LogP contribution in [0.3, 0.4) is 0 Å². The molecule has 4 rings (SSSR count). The molecular formula is C20H20N4O3S. The van der Waals surface area contributed by atoms with Crippen molar-refractivity contribution in [3.05, 3.63) is 54.1 Å². The molecule has 7 nitrogen and oxygen atoms in total. The average molecular weight is 396 g/mol. The number of amides is 1. The Labute approximate surface area is 167 Å². The Morgan fingerprint density at radius 1 is 1.18 bits per heavy atom. The number of carbonyl (C=O) groups excluding carboxylic acids is 1. The van der Waals surface area contributed by atoms with E-state index < -0.39 is 0 Å². The molecule has 1 aliphatic heterocycles. The van der Waals surface area contributed by atoms with Crippen LogP contribution in [0.4, 0.5) is 0 Å². The molecule has 0 unspecified atom stereocenters. The molecule has 2 aromatic carbocycles. The van der Waals surface area contributed by atoms with Crippen molar-refractivity contribution in [2.75, 3.05) is 12.5 Å². The molecule has 1 N–H and O–H groups in total. The van der Waals surface area contributed by atoms with Crippen LogP contribution in [0.2, 0.25) is 0 Å². The fourth-order valence-electron chi connectivity index (χ4n) is 2.96. The highest BCUT2D eigenvalue weighted by Crippen LogP contribution is 2.34. The molecule has 0 saturated heterocycles. The van der Waals surface area contributed by atoms with Gasteiger partial charge < -0.3 is 19.4 Å². The number of nitrogens with one attached hydrogen (secondary N) is 1. The highest BCUT2D eigenvalue weighted by molar-refractivity contribution is 7.99. The summed E-state index contributed by atoms with van der Waals surface area (Å²) in [5.74, 6) is 2.40. The van der Waals surface area contributed by atoms with Gasteiger partial charge in [-0.05, 0) is 24.6 Å². The van der Waals surface area contributed by atoms with Gasteiger partial charge in [0.15, 0.2) is 22.5 Å². The summed E-state index contributed by atoms with van der Waals surface area (Å²) in [5.41, 5.74) is 1.96. The van der Waals surface area contributed by atoms with Gasteiger partial charge in [-0.15, -0.1) is 10.2 Å². The summed E-state index contributed by atoms with van der Waals surface area (Å²) in [4.78, 5) is 12.4. The lowest BCUT2D eigenvalue weighted by atomic mass is 10.1. The third-order valence-electron chi connectivity index (χ3n) is 4.47. The van der Waals surface area contributed by atoms with Crippen LogP contribution < -0.4 is 14.8 Å². The molecule has 2 heterocycles. The Kier molecular flexibility index (Phi) is 5.21. The predicted molar refractivity (Wildman–Crippen MR) is 106 cm³/mol. The summed E-state index contributed by atoms with van der Waals surface area (Å²) >= 11 is 1.36. The highest BCUT2D eigenvalue weighted by Gasteiger charge is 2.18. The SMILES string of the molecule is C[C@H](NC(=O)CSc1nnc(-c2ccccc2)n1C)c1ccc2c(c1)OCO2. The molecule has 0 bridgehead atoms. The van der Waals surface area contributed by atoms with Crippen LogP contribution in [0, 0.1) is 0 Å². The van der Waals surface area contributed by atoms with E-state index in [1.807, 2.05) is 67.1 Å². The zero-order valence-electron chi connectivity index (χ0n) is 15.6. The van der Waals surface area contributed by atoms with Crippen LogP contribution in [0.15, 0.2) is 53.7 Å². The summed E-state index contributed by atoms with van der Waals surface area (Å²) in [5, 5.41) is 12.1. The summed E-state index contributed by atoms with van der Waals surface area (Å²) in [6.07, 6.45) is 0. The summed E-state index contributed by atoms with van der Waals surface area (Å²) in [6, 6.07) is 15.4. The normalized spacial score (nSPS) is 13.4. The molecule has 1 atom stereocenters.